The van der Waals surface area contributed by atoms with Crippen LogP contribution in [-0.2, 0) is 16.1 Å². The first-order valence-corrected chi connectivity index (χ1v) is 7.83. The molecule has 0 radical (unpaired) electrons. The third kappa shape index (κ3) is 5.18. The molecule has 0 atom stereocenters. The van der Waals surface area contributed by atoms with Crippen LogP contribution in [0.3, 0.4) is 0 Å². The number of ether oxygens (including phenoxy) is 1. The Labute approximate surface area is 149 Å². The van der Waals surface area contributed by atoms with E-state index in [-0.39, 0.29) is 36.5 Å². The normalized spacial score (nSPS) is 10.3. The molecule has 1 aromatic carbocycles. The highest BCUT2D eigenvalue weighted by atomic mass is 35.5. The minimum absolute atomic E-state index is 0.0911. The van der Waals surface area contributed by atoms with E-state index in [1.165, 1.54) is 18.2 Å². The Hall–Kier alpha value is -2.18. The van der Waals surface area contributed by atoms with E-state index in [0.717, 1.165) is 0 Å². The number of hydrogen-bond acceptors (Lipinski definition) is 4. The predicted octanol–water partition coefficient (Wildman–Crippen LogP) is 2.74. The molecule has 0 saturated carbocycles. The van der Waals surface area contributed by atoms with Crippen molar-refractivity contribution in [2.24, 2.45) is 0 Å². The van der Waals surface area contributed by atoms with Crippen molar-refractivity contribution in [3.8, 4) is 5.75 Å². The van der Waals surface area contributed by atoms with Gasteiger partial charge in [-0.1, -0.05) is 29.3 Å². The Morgan fingerprint density at radius 3 is 2.75 bits per heavy atom. The quantitative estimate of drug-likeness (QED) is 0.813. The Morgan fingerprint density at radius 1 is 1.25 bits per heavy atom. The van der Waals surface area contributed by atoms with E-state index in [1.807, 2.05) is 0 Å². The predicted molar refractivity (Wildman–Crippen MR) is 90.1 cm³/mol. The molecule has 1 aromatic heterocycles. The average Bonchev–Trinajstić information content (AvgIpc) is 3.07. The Bertz CT molecular complexity index is 704. The van der Waals surface area contributed by atoms with Gasteiger partial charge in [-0.2, -0.15) is 0 Å². The van der Waals surface area contributed by atoms with Crippen LogP contribution in [0.5, 0.6) is 5.75 Å². The molecule has 0 unspecified atom stereocenters. The molecule has 6 nitrogen and oxygen atoms in total. The summed E-state index contributed by atoms with van der Waals surface area (Å²) in [5, 5.41) is 3.24. The summed E-state index contributed by atoms with van der Waals surface area (Å²) in [6.07, 6.45) is 1.52. The summed E-state index contributed by atoms with van der Waals surface area (Å²) in [4.78, 5) is 25.1. The molecule has 0 saturated heterocycles. The van der Waals surface area contributed by atoms with Crippen molar-refractivity contribution in [3.05, 3.63) is 52.4 Å². The molecule has 2 aromatic rings. The molecule has 1 heterocycles. The fraction of sp³-hybridized carbons (Fsp3) is 0.250. The van der Waals surface area contributed by atoms with Gasteiger partial charge in [0.15, 0.2) is 6.61 Å². The fourth-order valence-electron chi connectivity index (χ4n) is 1.80. The van der Waals surface area contributed by atoms with E-state index in [0.29, 0.717) is 16.5 Å². The highest BCUT2D eigenvalue weighted by Gasteiger charge is 2.15. The molecular formula is C16H16Cl2N2O4. The van der Waals surface area contributed by atoms with Gasteiger partial charge < -0.3 is 19.4 Å². The van der Waals surface area contributed by atoms with Gasteiger partial charge in [-0.05, 0) is 24.3 Å². The van der Waals surface area contributed by atoms with E-state index in [1.54, 1.807) is 30.3 Å². The summed E-state index contributed by atoms with van der Waals surface area (Å²) < 4.78 is 10.5. The molecule has 0 fully saturated rings. The minimum Gasteiger partial charge on any atom is -0.482 e. The van der Waals surface area contributed by atoms with Crippen molar-refractivity contribution in [3.63, 3.8) is 0 Å². The third-order valence-electron chi connectivity index (χ3n) is 3.11. The molecule has 8 heteroatoms. The molecule has 0 aliphatic carbocycles. The topological polar surface area (TPSA) is 71.8 Å². The average molecular weight is 371 g/mol. The van der Waals surface area contributed by atoms with Gasteiger partial charge in [-0.3, -0.25) is 9.59 Å². The molecule has 24 heavy (non-hydrogen) atoms. The zero-order valence-corrected chi connectivity index (χ0v) is 14.4. The van der Waals surface area contributed by atoms with Crippen LogP contribution in [0.2, 0.25) is 10.0 Å². The maximum Gasteiger partial charge on any atom is 0.260 e. The van der Waals surface area contributed by atoms with Crippen LogP contribution in [0.25, 0.3) is 0 Å². The van der Waals surface area contributed by atoms with Gasteiger partial charge in [-0.25, -0.2) is 0 Å². The molecular weight excluding hydrogens is 355 g/mol. The van der Waals surface area contributed by atoms with Gasteiger partial charge in [-0.15, -0.1) is 0 Å². The summed E-state index contributed by atoms with van der Waals surface area (Å²) in [7, 11) is 1.51. The van der Waals surface area contributed by atoms with Crippen LogP contribution < -0.4 is 10.1 Å². The molecule has 1 N–H and O–H groups in total. The smallest absolute Gasteiger partial charge is 0.260 e. The highest BCUT2D eigenvalue weighted by molar-refractivity contribution is 6.42. The van der Waals surface area contributed by atoms with Crippen LogP contribution in [0.1, 0.15) is 5.76 Å². The van der Waals surface area contributed by atoms with Crippen LogP contribution in [-0.4, -0.2) is 36.9 Å². The lowest BCUT2D eigenvalue weighted by atomic mass is 10.3. The van der Waals surface area contributed by atoms with E-state index >= 15 is 0 Å². The van der Waals surface area contributed by atoms with Gasteiger partial charge in [0.1, 0.15) is 16.5 Å². The number of amides is 2. The van der Waals surface area contributed by atoms with E-state index < -0.39 is 0 Å². The molecule has 0 aliphatic rings. The Balaban J connectivity index is 1.77. The number of benzene rings is 1. The number of nitrogens with one attached hydrogen (secondary N) is 1. The van der Waals surface area contributed by atoms with Gasteiger partial charge in [0, 0.05) is 7.05 Å². The summed E-state index contributed by atoms with van der Waals surface area (Å²) in [6, 6.07) is 8.37. The van der Waals surface area contributed by atoms with Crippen molar-refractivity contribution >= 4 is 35.0 Å². The number of furan rings is 1. The number of rotatable bonds is 7. The lowest BCUT2D eigenvalue weighted by molar-refractivity contribution is -0.136. The number of likely N-dealkylation sites (N-methyl/N-ethyl adjacent to an activating group) is 1. The second-order valence-electron chi connectivity index (χ2n) is 4.95. The standard InChI is InChI=1S/C16H16Cl2N2O4/c1-20(9-14(21)19-8-11-4-3-7-23-11)15(22)10-24-13-6-2-5-12(17)16(13)18/h2-7H,8-10H2,1H3,(H,19,21). The number of carbonyl (C=O) groups is 2. The van der Waals surface area contributed by atoms with Gasteiger partial charge in [0.25, 0.3) is 5.91 Å². The van der Waals surface area contributed by atoms with Crippen molar-refractivity contribution in [2.45, 2.75) is 6.54 Å². The summed E-state index contributed by atoms with van der Waals surface area (Å²) in [5.74, 6) is 0.284. The summed E-state index contributed by atoms with van der Waals surface area (Å²) >= 11 is 11.8. The van der Waals surface area contributed by atoms with Crippen molar-refractivity contribution in [2.75, 3.05) is 20.2 Å². The van der Waals surface area contributed by atoms with Crippen LogP contribution in [0.15, 0.2) is 41.0 Å². The first-order chi connectivity index (χ1) is 11.5. The zero-order chi connectivity index (χ0) is 17.5. The Morgan fingerprint density at radius 2 is 2.04 bits per heavy atom. The second-order valence-corrected chi connectivity index (χ2v) is 5.73. The monoisotopic (exact) mass is 370 g/mol. The zero-order valence-electron chi connectivity index (χ0n) is 12.9. The lowest BCUT2D eigenvalue weighted by Crippen LogP contribution is -2.40. The summed E-state index contributed by atoms with van der Waals surface area (Å²) in [5.41, 5.74) is 0. The van der Waals surface area contributed by atoms with Gasteiger partial charge >= 0.3 is 0 Å². The first-order valence-electron chi connectivity index (χ1n) is 7.07. The maximum absolute atomic E-state index is 12.0. The largest absolute Gasteiger partial charge is 0.482 e. The minimum atomic E-state index is -0.362. The van der Waals surface area contributed by atoms with Gasteiger partial charge in [0.2, 0.25) is 5.91 Å². The third-order valence-corrected chi connectivity index (χ3v) is 3.92. The number of hydrogen-bond donors (Lipinski definition) is 1. The van der Waals surface area contributed by atoms with Crippen LogP contribution in [0, 0.1) is 0 Å². The van der Waals surface area contributed by atoms with E-state index in [9.17, 15) is 9.59 Å². The SMILES string of the molecule is CN(CC(=O)NCc1ccco1)C(=O)COc1cccc(Cl)c1Cl. The number of carbonyl (C=O) groups excluding carboxylic acids is 2. The van der Waals surface area contributed by atoms with Crippen LogP contribution >= 0.6 is 23.2 Å². The van der Waals surface area contributed by atoms with Crippen molar-refractivity contribution < 1.29 is 18.7 Å². The lowest BCUT2D eigenvalue weighted by Gasteiger charge is -2.17. The van der Waals surface area contributed by atoms with E-state index in [4.69, 9.17) is 32.4 Å². The molecule has 0 bridgehead atoms. The molecule has 2 amide bonds. The number of nitrogens with zero attached hydrogens (tertiary/aromatic N) is 1. The molecule has 0 aliphatic heterocycles. The Kier molecular flexibility index (Phi) is 6.52. The fourth-order valence-corrected chi connectivity index (χ4v) is 2.15. The highest BCUT2D eigenvalue weighted by Crippen LogP contribution is 2.31. The van der Waals surface area contributed by atoms with Crippen molar-refractivity contribution in [1.82, 2.24) is 10.2 Å². The second kappa shape index (κ2) is 8.61. The molecule has 2 rings (SSSR count). The van der Waals surface area contributed by atoms with Gasteiger partial charge in [0.05, 0.1) is 24.4 Å². The molecule has 128 valence electrons. The van der Waals surface area contributed by atoms with E-state index in [2.05, 4.69) is 5.32 Å². The van der Waals surface area contributed by atoms with Crippen LogP contribution in [0.4, 0.5) is 0 Å². The van der Waals surface area contributed by atoms with Crippen molar-refractivity contribution in [1.29, 1.82) is 0 Å². The first kappa shape index (κ1) is 18.2. The number of halogens is 2. The maximum atomic E-state index is 12.0. The molecule has 0 spiro atoms. The summed E-state index contributed by atoms with van der Waals surface area (Å²) in [6.45, 7) is -0.0727.